The Bertz CT molecular complexity index is 1050. The Morgan fingerprint density at radius 2 is 1.53 bits per heavy atom. The van der Waals surface area contributed by atoms with Crippen molar-refractivity contribution < 1.29 is 9.53 Å². The smallest absolute Gasteiger partial charge is 0.194 e. The number of ketones is 1. The quantitative estimate of drug-likeness (QED) is 0.173. The molecule has 3 rings (SSSR count). The van der Waals surface area contributed by atoms with Crippen molar-refractivity contribution in [2.24, 2.45) is 0 Å². The lowest BCUT2D eigenvalue weighted by molar-refractivity contribution is 0.103. The van der Waals surface area contributed by atoms with Gasteiger partial charge >= 0.3 is 0 Å². The maximum absolute atomic E-state index is 13.6. The number of carbonyl (C=O) groups excluding carboxylic acids is 1. The van der Waals surface area contributed by atoms with Crippen molar-refractivity contribution in [2.75, 3.05) is 26.2 Å². The van der Waals surface area contributed by atoms with Crippen LogP contribution >= 0.6 is 11.3 Å². The Balaban J connectivity index is 1.69. The third-order valence-electron chi connectivity index (χ3n) is 6.46. The Labute approximate surface area is 210 Å². The van der Waals surface area contributed by atoms with Crippen molar-refractivity contribution in [3.05, 3.63) is 63.5 Å². The van der Waals surface area contributed by atoms with Gasteiger partial charge in [0.1, 0.15) is 5.75 Å². The lowest BCUT2D eigenvalue weighted by atomic mass is 9.96. The van der Waals surface area contributed by atoms with Gasteiger partial charge in [-0.1, -0.05) is 51.8 Å². The van der Waals surface area contributed by atoms with E-state index in [4.69, 9.17) is 4.74 Å². The third kappa shape index (κ3) is 6.49. The first-order chi connectivity index (χ1) is 16.5. The highest BCUT2D eigenvalue weighted by Gasteiger charge is 2.21. The number of fused-ring (bicyclic) bond motifs is 1. The summed E-state index contributed by atoms with van der Waals surface area (Å²) in [5.74, 6) is 1.05. The fourth-order valence-electron chi connectivity index (χ4n) is 4.61. The largest absolute Gasteiger partial charge is 0.493 e. The molecule has 0 radical (unpaired) electrons. The number of nitrogens with zero attached hydrogens (tertiary/aromatic N) is 1. The molecule has 3 aromatic rings. The number of aryl methyl sites for hydroxylation is 3. The van der Waals surface area contributed by atoms with E-state index in [-0.39, 0.29) is 5.78 Å². The molecule has 0 spiro atoms. The summed E-state index contributed by atoms with van der Waals surface area (Å²) < 4.78 is 7.41. The van der Waals surface area contributed by atoms with E-state index in [1.807, 2.05) is 24.3 Å². The van der Waals surface area contributed by atoms with Crippen molar-refractivity contribution in [3.63, 3.8) is 0 Å². The van der Waals surface area contributed by atoms with Crippen LogP contribution in [0, 0.1) is 13.8 Å². The number of unbranched alkanes of at least 4 members (excludes halogenated alkanes) is 2. The fraction of sp³-hybridized carbons (Fsp3) is 0.500. The second-order valence-corrected chi connectivity index (χ2v) is 10.4. The molecule has 1 heterocycles. The van der Waals surface area contributed by atoms with Gasteiger partial charge in [0, 0.05) is 32.6 Å². The van der Waals surface area contributed by atoms with Crippen LogP contribution in [0.2, 0.25) is 0 Å². The van der Waals surface area contributed by atoms with Gasteiger partial charge < -0.3 is 9.64 Å². The zero-order chi connectivity index (χ0) is 24.5. The first-order valence-corrected chi connectivity index (χ1v) is 13.8. The Morgan fingerprint density at radius 1 is 0.912 bits per heavy atom. The van der Waals surface area contributed by atoms with Crippen LogP contribution in [-0.4, -0.2) is 36.9 Å². The van der Waals surface area contributed by atoms with Crippen LogP contribution in [0.25, 0.3) is 10.1 Å². The number of hydrogen-bond acceptors (Lipinski definition) is 4. The number of carbonyl (C=O) groups is 1. The van der Waals surface area contributed by atoms with Crippen molar-refractivity contribution in [1.82, 2.24) is 4.90 Å². The molecule has 3 nitrogen and oxygen atoms in total. The van der Waals surface area contributed by atoms with Crippen LogP contribution < -0.4 is 4.74 Å². The summed E-state index contributed by atoms with van der Waals surface area (Å²) in [6.45, 7) is 14.9. The summed E-state index contributed by atoms with van der Waals surface area (Å²) in [6, 6.07) is 12.2. The van der Waals surface area contributed by atoms with Gasteiger partial charge in [-0.05, 0) is 81.9 Å². The van der Waals surface area contributed by atoms with Crippen molar-refractivity contribution in [2.45, 2.75) is 73.1 Å². The summed E-state index contributed by atoms with van der Waals surface area (Å²) in [5.41, 5.74) is 3.70. The lowest BCUT2D eigenvalue weighted by Gasteiger charge is -2.22. The summed E-state index contributed by atoms with van der Waals surface area (Å²) >= 11 is 1.73. The van der Waals surface area contributed by atoms with E-state index in [1.165, 1.54) is 43.5 Å². The molecule has 2 aromatic carbocycles. The van der Waals surface area contributed by atoms with Crippen LogP contribution in [0.15, 0.2) is 36.4 Å². The second kappa shape index (κ2) is 13.1. The van der Waals surface area contributed by atoms with Crippen molar-refractivity contribution >= 4 is 27.2 Å². The second-order valence-electron chi connectivity index (χ2n) is 9.27. The highest BCUT2D eigenvalue weighted by Crippen LogP contribution is 2.34. The molecule has 0 atom stereocenters. The standard InChI is InChI=1S/C30H41NO2S/c1-6-9-16-31(17-10-7-2)18-13-19-33-30-22(4)20-24(21-23(30)5)29(32)28-25-14-11-12-15-27(25)34-26(28)8-3/h11-12,14-15,20-21H,6-10,13,16-19H2,1-5H3. The molecule has 1 aromatic heterocycles. The zero-order valence-electron chi connectivity index (χ0n) is 21.7. The van der Waals surface area contributed by atoms with Gasteiger partial charge in [-0.3, -0.25) is 4.79 Å². The highest BCUT2D eigenvalue weighted by molar-refractivity contribution is 7.19. The van der Waals surface area contributed by atoms with Gasteiger partial charge in [0.2, 0.25) is 0 Å². The van der Waals surface area contributed by atoms with Crippen LogP contribution in [0.5, 0.6) is 5.75 Å². The van der Waals surface area contributed by atoms with E-state index in [9.17, 15) is 4.79 Å². The van der Waals surface area contributed by atoms with E-state index < -0.39 is 0 Å². The summed E-state index contributed by atoms with van der Waals surface area (Å²) in [4.78, 5) is 17.3. The van der Waals surface area contributed by atoms with Gasteiger partial charge in [0.15, 0.2) is 5.78 Å². The van der Waals surface area contributed by atoms with Gasteiger partial charge in [-0.2, -0.15) is 0 Å². The van der Waals surface area contributed by atoms with E-state index in [1.54, 1.807) is 11.3 Å². The number of benzene rings is 2. The van der Waals surface area contributed by atoms with Crippen LogP contribution in [0.3, 0.4) is 0 Å². The first-order valence-electron chi connectivity index (χ1n) is 13.0. The molecule has 0 unspecified atom stereocenters. The summed E-state index contributed by atoms with van der Waals surface area (Å²) in [6.07, 6.45) is 6.89. The molecule has 0 aliphatic heterocycles. The fourth-order valence-corrected chi connectivity index (χ4v) is 5.75. The zero-order valence-corrected chi connectivity index (χ0v) is 22.5. The number of hydrogen-bond donors (Lipinski definition) is 0. The molecule has 0 saturated carbocycles. The van der Waals surface area contributed by atoms with Crippen molar-refractivity contribution in [3.8, 4) is 5.75 Å². The molecular weight excluding hydrogens is 438 g/mol. The molecule has 0 fully saturated rings. The molecule has 0 amide bonds. The first kappa shape index (κ1) is 26.4. The molecule has 0 N–H and O–H groups in total. The van der Waals surface area contributed by atoms with E-state index in [0.717, 1.165) is 57.7 Å². The Morgan fingerprint density at radius 3 is 2.15 bits per heavy atom. The SMILES string of the molecule is CCCCN(CCCC)CCCOc1c(C)cc(C(=O)c2c(CC)sc3ccccc23)cc1C. The van der Waals surface area contributed by atoms with Crippen LogP contribution in [-0.2, 0) is 6.42 Å². The normalized spacial score (nSPS) is 11.5. The Hall–Kier alpha value is -2.17. The average molecular weight is 480 g/mol. The molecule has 184 valence electrons. The molecule has 0 aliphatic rings. The average Bonchev–Trinajstić information content (AvgIpc) is 3.22. The third-order valence-corrected chi connectivity index (χ3v) is 7.78. The van der Waals surface area contributed by atoms with Gasteiger partial charge in [-0.25, -0.2) is 0 Å². The minimum Gasteiger partial charge on any atom is -0.493 e. The van der Waals surface area contributed by atoms with E-state index in [0.29, 0.717) is 6.61 Å². The monoisotopic (exact) mass is 479 g/mol. The number of ether oxygens (including phenoxy) is 1. The van der Waals surface area contributed by atoms with E-state index >= 15 is 0 Å². The van der Waals surface area contributed by atoms with Gasteiger partial charge in [0.25, 0.3) is 0 Å². The predicted octanol–water partition coefficient (Wildman–Crippen LogP) is 7.98. The predicted molar refractivity (Wildman–Crippen MR) is 147 cm³/mol. The molecule has 4 heteroatoms. The van der Waals surface area contributed by atoms with Gasteiger partial charge in [0.05, 0.1) is 6.61 Å². The maximum atomic E-state index is 13.6. The number of rotatable bonds is 14. The summed E-state index contributed by atoms with van der Waals surface area (Å²) in [5, 5.41) is 1.07. The van der Waals surface area contributed by atoms with Crippen molar-refractivity contribution in [1.29, 1.82) is 0 Å². The highest BCUT2D eigenvalue weighted by atomic mass is 32.1. The Kier molecular flexibility index (Phi) is 10.2. The summed E-state index contributed by atoms with van der Waals surface area (Å²) in [7, 11) is 0. The maximum Gasteiger partial charge on any atom is 0.194 e. The molecule has 0 saturated heterocycles. The van der Waals surface area contributed by atoms with Crippen LogP contribution in [0.4, 0.5) is 0 Å². The van der Waals surface area contributed by atoms with Gasteiger partial charge in [-0.15, -0.1) is 11.3 Å². The number of thiophene rings is 1. The van der Waals surface area contributed by atoms with Crippen LogP contribution in [0.1, 0.15) is 84.8 Å². The van der Waals surface area contributed by atoms with E-state index in [2.05, 4.69) is 51.7 Å². The molecule has 0 aliphatic carbocycles. The molecule has 0 bridgehead atoms. The molecular formula is C30H41NO2S. The minimum absolute atomic E-state index is 0.120. The minimum atomic E-state index is 0.120. The topological polar surface area (TPSA) is 29.5 Å². The molecule has 34 heavy (non-hydrogen) atoms. The lowest BCUT2D eigenvalue weighted by Crippen LogP contribution is -2.28.